The quantitative estimate of drug-likeness (QED) is 0.308. The van der Waals surface area contributed by atoms with Gasteiger partial charge in [-0.15, -0.1) is 0 Å². The van der Waals surface area contributed by atoms with Gasteiger partial charge >= 0.3 is 0 Å². The maximum atomic E-state index is 13.0. The van der Waals surface area contributed by atoms with Gasteiger partial charge in [0.25, 0.3) is 11.8 Å². The molecule has 224 valence electrons. The van der Waals surface area contributed by atoms with Gasteiger partial charge in [0.2, 0.25) is 0 Å². The zero-order chi connectivity index (χ0) is 30.5. The lowest BCUT2D eigenvalue weighted by atomic mass is 10.0. The summed E-state index contributed by atoms with van der Waals surface area (Å²) in [5.74, 6) is 0.223. The van der Waals surface area contributed by atoms with Crippen LogP contribution in [0.5, 0.6) is 0 Å². The highest BCUT2D eigenvalue weighted by Gasteiger charge is 2.31. The van der Waals surface area contributed by atoms with Crippen LogP contribution in [-0.4, -0.2) is 63.8 Å². The number of aromatic amines is 2. The average molecular weight is 589 g/mol. The Kier molecular flexibility index (Phi) is 6.84. The van der Waals surface area contributed by atoms with E-state index in [0.29, 0.717) is 13.1 Å². The summed E-state index contributed by atoms with van der Waals surface area (Å²) in [7, 11) is 4.09. The number of nitrogens with zero attached hydrogens (tertiary/aromatic N) is 6. The summed E-state index contributed by atoms with van der Waals surface area (Å²) in [4.78, 5) is 44.5. The Bertz CT molecular complexity index is 1890. The van der Waals surface area contributed by atoms with Crippen LogP contribution in [0.25, 0.3) is 21.8 Å². The number of amides is 2. The van der Waals surface area contributed by atoms with Gasteiger partial charge in [-0.25, -0.2) is 9.97 Å². The number of carbonyl (C=O) groups is 2. The summed E-state index contributed by atoms with van der Waals surface area (Å²) in [6, 6.07) is 16.2. The van der Waals surface area contributed by atoms with E-state index >= 15 is 0 Å². The van der Waals surface area contributed by atoms with Gasteiger partial charge in [0.15, 0.2) is 0 Å². The van der Waals surface area contributed by atoms with Gasteiger partial charge in [0, 0.05) is 84.6 Å². The molecule has 0 atom stereocenters. The minimum absolute atomic E-state index is 0.112. The van der Waals surface area contributed by atoms with E-state index in [1.165, 1.54) is 0 Å². The minimum Gasteiger partial charge on any atom is -0.348 e. The first kappa shape index (κ1) is 27.7. The van der Waals surface area contributed by atoms with Crippen molar-refractivity contribution < 1.29 is 9.59 Å². The van der Waals surface area contributed by atoms with Gasteiger partial charge < -0.3 is 28.9 Å². The first-order valence-electron chi connectivity index (χ1n) is 15.0. The fraction of sp³-hybridized carbons (Fsp3) is 0.294. The van der Waals surface area contributed by atoms with E-state index in [-0.39, 0.29) is 11.8 Å². The predicted octanol–water partition coefficient (Wildman–Crippen LogP) is 4.82. The third-order valence-corrected chi connectivity index (χ3v) is 9.25. The van der Waals surface area contributed by atoms with Crippen LogP contribution < -0.4 is 0 Å². The lowest BCUT2D eigenvalue weighted by molar-refractivity contribution is 0.0718. The molecule has 0 aliphatic carbocycles. The van der Waals surface area contributed by atoms with Gasteiger partial charge in [0.05, 0.1) is 48.3 Å². The number of aromatic nitrogens is 6. The van der Waals surface area contributed by atoms with Gasteiger partial charge in [0.1, 0.15) is 0 Å². The molecular formula is C34H36N8O2. The average Bonchev–Trinajstić information content (AvgIpc) is 3.78. The second kappa shape index (κ2) is 10.9. The Morgan fingerprint density at radius 1 is 0.659 bits per heavy atom. The van der Waals surface area contributed by atoms with Gasteiger partial charge in [-0.05, 0) is 26.0 Å². The SMILES string of the molecule is Cc1[nH]cnc1CN1CCc2c(c3ccccc3n2C)C1=O.Cc1[nH]cnc1CN1CCc2c(c3ccccc3n2C)C1=O. The molecule has 0 spiro atoms. The second-order valence-electron chi connectivity index (χ2n) is 11.7. The van der Waals surface area contributed by atoms with Crippen molar-refractivity contribution in [2.45, 2.75) is 39.8 Å². The Labute approximate surface area is 255 Å². The Morgan fingerprint density at radius 3 is 1.45 bits per heavy atom. The van der Waals surface area contributed by atoms with Crippen molar-refractivity contribution in [1.82, 2.24) is 38.9 Å². The van der Waals surface area contributed by atoms with Crippen LogP contribution in [0, 0.1) is 13.8 Å². The Morgan fingerprint density at radius 2 is 1.07 bits per heavy atom. The molecule has 6 aromatic rings. The van der Waals surface area contributed by atoms with E-state index in [9.17, 15) is 9.59 Å². The smallest absolute Gasteiger partial charge is 0.256 e. The molecule has 0 unspecified atom stereocenters. The van der Waals surface area contributed by atoms with Gasteiger partial charge in [-0.2, -0.15) is 0 Å². The molecule has 2 aliphatic heterocycles. The molecule has 2 amide bonds. The number of carbonyl (C=O) groups excluding carboxylic acids is 2. The van der Waals surface area contributed by atoms with E-state index in [4.69, 9.17) is 0 Å². The second-order valence-corrected chi connectivity index (χ2v) is 11.7. The van der Waals surface area contributed by atoms with E-state index in [2.05, 4.69) is 41.2 Å². The number of benzene rings is 2. The number of fused-ring (bicyclic) bond motifs is 6. The molecule has 0 radical (unpaired) electrons. The van der Waals surface area contributed by atoms with Crippen LogP contribution in [-0.2, 0) is 40.0 Å². The Hall–Kier alpha value is -5.12. The fourth-order valence-corrected chi connectivity index (χ4v) is 6.71. The number of hydrogen-bond acceptors (Lipinski definition) is 4. The standard InChI is InChI=1S/2C17H18N4O/c2*1-11-13(19-10-18-11)9-21-8-7-15-16(17(21)22)12-5-3-4-6-14(12)20(15)2/h2*3-6,10H,7-9H2,1-2H3,(H,18,19). The van der Waals surface area contributed by atoms with E-state index in [1.807, 2.05) is 74.1 Å². The summed E-state index contributed by atoms with van der Waals surface area (Å²) < 4.78 is 4.30. The molecular weight excluding hydrogens is 552 g/mol. The zero-order valence-electron chi connectivity index (χ0n) is 25.5. The third-order valence-electron chi connectivity index (χ3n) is 9.25. The number of para-hydroxylation sites is 2. The molecule has 0 bridgehead atoms. The van der Waals surface area contributed by atoms with Crippen LogP contribution in [0.3, 0.4) is 0 Å². The molecule has 0 saturated carbocycles. The first-order chi connectivity index (χ1) is 21.3. The van der Waals surface area contributed by atoms with E-state index < -0.39 is 0 Å². The molecule has 44 heavy (non-hydrogen) atoms. The molecule has 8 rings (SSSR count). The normalized spacial score (nSPS) is 14.6. The Balaban J connectivity index is 0.000000142. The monoisotopic (exact) mass is 588 g/mol. The van der Waals surface area contributed by atoms with E-state index in [1.54, 1.807) is 12.7 Å². The highest BCUT2D eigenvalue weighted by molar-refractivity contribution is 6.10. The van der Waals surface area contributed by atoms with E-state index in [0.717, 1.165) is 93.0 Å². The number of imidazole rings is 2. The molecule has 10 heteroatoms. The maximum absolute atomic E-state index is 13.0. The lowest BCUT2D eigenvalue weighted by Crippen LogP contribution is -2.37. The van der Waals surface area contributed by atoms with Gasteiger partial charge in [-0.1, -0.05) is 36.4 Å². The molecule has 4 aromatic heterocycles. The van der Waals surface area contributed by atoms with Crippen LogP contribution in [0.4, 0.5) is 0 Å². The van der Waals surface area contributed by atoms with Crippen molar-refractivity contribution in [3.8, 4) is 0 Å². The summed E-state index contributed by atoms with van der Waals surface area (Å²) in [5.41, 5.74) is 10.2. The zero-order valence-corrected chi connectivity index (χ0v) is 25.5. The highest BCUT2D eigenvalue weighted by Crippen LogP contribution is 2.32. The summed E-state index contributed by atoms with van der Waals surface area (Å²) in [6.45, 7) is 6.58. The molecule has 0 saturated heterocycles. The first-order valence-corrected chi connectivity index (χ1v) is 15.0. The summed E-state index contributed by atoms with van der Waals surface area (Å²) in [5, 5.41) is 2.10. The lowest BCUT2D eigenvalue weighted by Gasteiger charge is -2.27. The number of hydrogen-bond donors (Lipinski definition) is 2. The number of rotatable bonds is 4. The van der Waals surface area contributed by atoms with Crippen LogP contribution in [0.15, 0.2) is 61.2 Å². The van der Waals surface area contributed by atoms with Crippen LogP contribution in [0.2, 0.25) is 0 Å². The van der Waals surface area contributed by atoms with Crippen molar-refractivity contribution in [2.24, 2.45) is 14.1 Å². The van der Waals surface area contributed by atoms with Crippen molar-refractivity contribution in [1.29, 1.82) is 0 Å². The summed E-state index contributed by atoms with van der Waals surface area (Å²) >= 11 is 0. The largest absolute Gasteiger partial charge is 0.348 e. The third kappa shape index (κ3) is 4.49. The van der Waals surface area contributed by atoms with Crippen molar-refractivity contribution in [3.63, 3.8) is 0 Å². The number of aryl methyl sites for hydroxylation is 4. The molecule has 2 aromatic carbocycles. The molecule has 6 heterocycles. The van der Waals surface area contributed by atoms with Crippen LogP contribution >= 0.6 is 0 Å². The van der Waals surface area contributed by atoms with Crippen molar-refractivity contribution in [3.05, 3.63) is 106 Å². The van der Waals surface area contributed by atoms with Gasteiger partial charge in [-0.3, -0.25) is 9.59 Å². The number of H-pyrrole nitrogens is 2. The molecule has 2 aliphatic rings. The molecule has 10 nitrogen and oxygen atoms in total. The van der Waals surface area contributed by atoms with Crippen molar-refractivity contribution >= 4 is 33.6 Å². The van der Waals surface area contributed by atoms with Crippen LogP contribution in [0.1, 0.15) is 54.9 Å². The fourth-order valence-electron chi connectivity index (χ4n) is 6.71. The molecule has 2 N–H and O–H groups in total. The number of nitrogens with one attached hydrogen (secondary N) is 2. The maximum Gasteiger partial charge on any atom is 0.256 e. The topological polar surface area (TPSA) is 108 Å². The highest BCUT2D eigenvalue weighted by atomic mass is 16.2. The predicted molar refractivity (Wildman–Crippen MR) is 169 cm³/mol. The van der Waals surface area contributed by atoms with Crippen molar-refractivity contribution in [2.75, 3.05) is 13.1 Å². The molecule has 0 fully saturated rings. The summed E-state index contributed by atoms with van der Waals surface area (Å²) in [6.07, 6.45) is 5.14. The minimum atomic E-state index is 0.112.